The molecule has 1 fully saturated rings. The number of halogens is 3. The summed E-state index contributed by atoms with van der Waals surface area (Å²) in [6.45, 7) is 5.81. The lowest BCUT2D eigenvalue weighted by Gasteiger charge is -2.38. The van der Waals surface area contributed by atoms with Crippen LogP contribution in [0.25, 0.3) is 0 Å². The van der Waals surface area contributed by atoms with Gasteiger partial charge < -0.3 is 20.9 Å². The highest BCUT2D eigenvalue weighted by Crippen LogP contribution is 2.35. The molecule has 0 aromatic carbocycles. The Bertz CT molecular complexity index is 1000. The molecule has 0 unspecified atom stereocenters. The van der Waals surface area contributed by atoms with Crippen LogP contribution in [0.4, 0.5) is 36.4 Å². The average molecular weight is 449 g/mol. The molecule has 2 aromatic rings. The second-order valence-corrected chi connectivity index (χ2v) is 8.70. The molecule has 3 N–H and O–H groups in total. The van der Waals surface area contributed by atoms with Crippen molar-refractivity contribution in [3.63, 3.8) is 0 Å². The Balaban J connectivity index is 1.37. The first kappa shape index (κ1) is 22.1. The molecule has 11 heteroatoms. The highest BCUT2D eigenvalue weighted by Gasteiger charge is 2.36. The van der Waals surface area contributed by atoms with E-state index >= 15 is 0 Å². The highest BCUT2D eigenvalue weighted by atomic mass is 19.4. The standard InChI is InChI=1S/C21H26F3N7O/c1-10(2)17-19(32)29-16-11(3)26-20(30-18(16)31(17)4)28-14-7-13(8-14)27-15-6-5-12(9-25-15)21(22,23)24/h5-6,9-10,13-14,17H,7-8H2,1-4H3,(H,25,27)(H,29,32)(H,26,28,30)/t13?,14?,17-/m0/s1. The third kappa shape index (κ3) is 4.28. The van der Waals surface area contributed by atoms with Crippen molar-refractivity contribution in [2.24, 2.45) is 5.92 Å². The summed E-state index contributed by atoms with van der Waals surface area (Å²) < 4.78 is 38.0. The zero-order valence-corrected chi connectivity index (χ0v) is 18.3. The summed E-state index contributed by atoms with van der Waals surface area (Å²) in [5, 5.41) is 9.39. The Labute approximate surface area is 184 Å². The summed E-state index contributed by atoms with van der Waals surface area (Å²) in [6.07, 6.45) is -2.05. The van der Waals surface area contributed by atoms with E-state index in [-0.39, 0.29) is 30.0 Å². The van der Waals surface area contributed by atoms with Crippen molar-refractivity contribution < 1.29 is 18.0 Å². The number of amides is 1. The van der Waals surface area contributed by atoms with Crippen LogP contribution in [-0.4, -0.2) is 46.0 Å². The molecule has 0 saturated heterocycles. The molecule has 1 atom stereocenters. The molecule has 1 amide bonds. The van der Waals surface area contributed by atoms with Gasteiger partial charge in [0, 0.05) is 25.3 Å². The van der Waals surface area contributed by atoms with Gasteiger partial charge in [0.05, 0.1) is 11.3 Å². The van der Waals surface area contributed by atoms with Crippen LogP contribution in [0.3, 0.4) is 0 Å². The lowest BCUT2D eigenvalue weighted by molar-refractivity contribution is -0.137. The van der Waals surface area contributed by atoms with E-state index in [1.165, 1.54) is 6.07 Å². The van der Waals surface area contributed by atoms with E-state index in [0.29, 0.717) is 29.0 Å². The smallest absolute Gasteiger partial charge is 0.367 e. The second-order valence-electron chi connectivity index (χ2n) is 8.70. The van der Waals surface area contributed by atoms with Gasteiger partial charge in [-0.3, -0.25) is 4.79 Å². The van der Waals surface area contributed by atoms with E-state index < -0.39 is 11.7 Å². The molecule has 8 nitrogen and oxygen atoms in total. The lowest BCUT2D eigenvalue weighted by atomic mass is 9.87. The summed E-state index contributed by atoms with van der Waals surface area (Å²) in [4.78, 5) is 27.3. The molecule has 1 saturated carbocycles. The Morgan fingerprint density at radius 3 is 2.44 bits per heavy atom. The van der Waals surface area contributed by atoms with Gasteiger partial charge in [-0.2, -0.15) is 18.2 Å². The van der Waals surface area contributed by atoms with Gasteiger partial charge in [-0.25, -0.2) is 9.97 Å². The molecule has 3 heterocycles. The van der Waals surface area contributed by atoms with E-state index in [4.69, 9.17) is 0 Å². The van der Waals surface area contributed by atoms with Crippen molar-refractivity contribution in [1.82, 2.24) is 15.0 Å². The monoisotopic (exact) mass is 449 g/mol. The number of anilines is 4. The number of carbonyl (C=O) groups is 1. The first-order valence-corrected chi connectivity index (χ1v) is 10.5. The average Bonchev–Trinajstić information content (AvgIpc) is 2.67. The SMILES string of the molecule is Cc1nc(NC2CC(Nc3ccc(C(F)(F)F)cn3)C2)nc2c1NC(=O)[C@H](C(C)C)N2C. The molecule has 32 heavy (non-hydrogen) atoms. The fraction of sp³-hybridized carbons (Fsp3) is 0.524. The van der Waals surface area contributed by atoms with Gasteiger partial charge in [-0.05, 0) is 37.8 Å². The van der Waals surface area contributed by atoms with Gasteiger partial charge in [0.1, 0.15) is 17.5 Å². The molecule has 2 aliphatic rings. The molecule has 0 spiro atoms. The quantitative estimate of drug-likeness (QED) is 0.641. The number of aromatic nitrogens is 3. The largest absolute Gasteiger partial charge is 0.417 e. The Morgan fingerprint density at radius 2 is 1.84 bits per heavy atom. The number of carbonyl (C=O) groups excluding carboxylic acids is 1. The zero-order valence-electron chi connectivity index (χ0n) is 18.3. The number of aryl methyl sites for hydroxylation is 1. The fourth-order valence-corrected chi connectivity index (χ4v) is 4.17. The first-order valence-electron chi connectivity index (χ1n) is 10.5. The summed E-state index contributed by atoms with van der Waals surface area (Å²) in [5.41, 5.74) is 0.543. The van der Waals surface area contributed by atoms with E-state index in [0.717, 1.165) is 25.1 Å². The van der Waals surface area contributed by atoms with Crippen LogP contribution in [0, 0.1) is 12.8 Å². The van der Waals surface area contributed by atoms with Crippen LogP contribution in [0.15, 0.2) is 18.3 Å². The van der Waals surface area contributed by atoms with Gasteiger partial charge in [0.15, 0.2) is 5.82 Å². The summed E-state index contributed by atoms with van der Waals surface area (Å²) >= 11 is 0. The van der Waals surface area contributed by atoms with Gasteiger partial charge in [0.25, 0.3) is 0 Å². The number of pyridine rings is 1. The number of nitrogens with one attached hydrogen (secondary N) is 3. The van der Waals surface area contributed by atoms with Crippen molar-refractivity contribution in [3.05, 3.63) is 29.6 Å². The maximum atomic E-state index is 12.7. The van der Waals surface area contributed by atoms with Crippen LogP contribution in [-0.2, 0) is 11.0 Å². The minimum absolute atomic E-state index is 0.0628. The molecule has 4 rings (SSSR count). The summed E-state index contributed by atoms with van der Waals surface area (Å²) in [5.74, 6) is 1.65. The van der Waals surface area contributed by atoms with E-state index in [1.807, 2.05) is 32.7 Å². The third-order valence-electron chi connectivity index (χ3n) is 5.88. The van der Waals surface area contributed by atoms with E-state index in [9.17, 15) is 18.0 Å². The number of hydrogen-bond acceptors (Lipinski definition) is 7. The Hall–Kier alpha value is -3.11. The van der Waals surface area contributed by atoms with Gasteiger partial charge in [-0.15, -0.1) is 0 Å². The van der Waals surface area contributed by atoms with Crippen LogP contribution < -0.4 is 20.9 Å². The topological polar surface area (TPSA) is 95.1 Å². The molecule has 0 radical (unpaired) electrons. The lowest BCUT2D eigenvalue weighted by Crippen LogP contribution is -2.50. The predicted octanol–water partition coefficient (Wildman–Crippen LogP) is 3.67. The molecule has 2 aromatic heterocycles. The number of likely N-dealkylation sites (N-methyl/N-ethyl adjacent to an activating group) is 1. The first-order chi connectivity index (χ1) is 15.0. The van der Waals surface area contributed by atoms with Crippen molar-refractivity contribution in [3.8, 4) is 0 Å². The third-order valence-corrected chi connectivity index (χ3v) is 5.88. The molecular weight excluding hydrogens is 423 g/mol. The summed E-state index contributed by atoms with van der Waals surface area (Å²) in [6, 6.07) is 2.28. The highest BCUT2D eigenvalue weighted by molar-refractivity contribution is 6.03. The van der Waals surface area contributed by atoms with Crippen LogP contribution >= 0.6 is 0 Å². The van der Waals surface area contributed by atoms with Crippen molar-refractivity contribution in [2.75, 3.05) is 27.9 Å². The second kappa shape index (κ2) is 8.10. The zero-order chi connectivity index (χ0) is 23.2. The number of hydrogen-bond donors (Lipinski definition) is 3. The van der Waals surface area contributed by atoms with E-state index in [1.54, 1.807) is 0 Å². The minimum atomic E-state index is -4.39. The minimum Gasteiger partial charge on any atom is -0.367 e. The Morgan fingerprint density at radius 1 is 1.16 bits per heavy atom. The molecule has 1 aliphatic carbocycles. The number of rotatable bonds is 5. The number of alkyl halides is 3. The molecular formula is C21H26F3N7O. The molecule has 1 aliphatic heterocycles. The van der Waals surface area contributed by atoms with Crippen LogP contribution in [0.5, 0.6) is 0 Å². The normalized spacial score (nSPS) is 22.8. The van der Waals surface area contributed by atoms with Gasteiger partial charge in [-0.1, -0.05) is 13.8 Å². The van der Waals surface area contributed by atoms with Crippen LogP contribution in [0.1, 0.15) is 37.9 Å². The Kier molecular flexibility index (Phi) is 5.59. The predicted molar refractivity (Wildman–Crippen MR) is 116 cm³/mol. The van der Waals surface area contributed by atoms with Crippen molar-refractivity contribution >= 4 is 29.2 Å². The van der Waals surface area contributed by atoms with Gasteiger partial charge >= 0.3 is 6.18 Å². The number of nitrogens with zero attached hydrogens (tertiary/aromatic N) is 4. The van der Waals surface area contributed by atoms with Crippen LogP contribution in [0.2, 0.25) is 0 Å². The van der Waals surface area contributed by atoms with Crippen molar-refractivity contribution in [2.45, 2.75) is 57.9 Å². The maximum absolute atomic E-state index is 12.7. The summed E-state index contributed by atoms with van der Waals surface area (Å²) in [7, 11) is 1.86. The number of fused-ring (bicyclic) bond motifs is 1. The van der Waals surface area contributed by atoms with Gasteiger partial charge in [0.2, 0.25) is 11.9 Å². The fourth-order valence-electron chi connectivity index (χ4n) is 4.17. The van der Waals surface area contributed by atoms with Crippen molar-refractivity contribution in [1.29, 1.82) is 0 Å². The molecule has 0 bridgehead atoms. The maximum Gasteiger partial charge on any atom is 0.417 e. The van der Waals surface area contributed by atoms with E-state index in [2.05, 4.69) is 30.9 Å². The molecule has 172 valence electrons.